The lowest BCUT2D eigenvalue weighted by atomic mass is 10.00. The molecule has 0 aromatic heterocycles. The average Bonchev–Trinajstić information content (AvgIpc) is 2.50. The highest BCUT2D eigenvalue weighted by Gasteiger charge is 2.43. The standard InChI is InChI=1S/C16H17BrO5/c1-8-13(18)14(19)15(20)16(21-8)22-12-5-3-9-2-4-11(17)6-10(9)7-12/h2-8,13-16,18-20H,1H3/t8-,13-,14+,15+,16-/m0/s1. The first kappa shape index (κ1) is 15.7. The molecule has 1 aliphatic heterocycles. The van der Waals surface area contributed by atoms with E-state index in [1.54, 1.807) is 13.0 Å². The molecule has 5 atom stereocenters. The summed E-state index contributed by atoms with van der Waals surface area (Å²) < 4.78 is 12.0. The van der Waals surface area contributed by atoms with Crippen LogP contribution in [0.3, 0.4) is 0 Å². The molecule has 0 saturated carbocycles. The predicted octanol–water partition coefficient (Wildman–Crippen LogP) is 1.81. The van der Waals surface area contributed by atoms with E-state index >= 15 is 0 Å². The number of halogens is 1. The third-order valence-corrected chi connectivity index (χ3v) is 4.33. The lowest BCUT2D eigenvalue weighted by Gasteiger charge is -2.38. The smallest absolute Gasteiger partial charge is 0.229 e. The molecule has 118 valence electrons. The molecule has 3 rings (SSSR count). The van der Waals surface area contributed by atoms with Crippen LogP contribution in [0.25, 0.3) is 10.8 Å². The Morgan fingerprint density at radius 1 is 0.955 bits per heavy atom. The molecule has 0 aliphatic carbocycles. The fourth-order valence-corrected chi connectivity index (χ4v) is 2.89. The highest BCUT2D eigenvalue weighted by atomic mass is 79.9. The molecule has 0 unspecified atom stereocenters. The topological polar surface area (TPSA) is 79.2 Å². The summed E-state index contributed by atoms with van der Waals surface area (Å²) in [4.78, 5) is 0. The van der Waals surface area contributed by atoms with E-state index in [0.717, 1.165) is 15.2 Å². The van der Waals surface area contributed by atoms with Crippen LogP contribution in [-0.2, 0) is 4.74 Å². The molecular weight excluding hydrogens is 352 g/mol. The van der Waals surface area contributed by atoms with Crippen LogP contribution >= 0.6 is 15.9 Å². The summed E-state index contributed by atoms with van der Waals surface area (Å²) in [5.74, 6) is 0.519. The van der Waals surface area contributed by atoms with Gasteiger partial charge in [-0.3, -0.25) is 0 Å². The molecule has 3 N–H and O–H groups in total. The van der Waals surface area contributed by atoms with E-state index in [0.29, 0.717) is 5.75 Å². The zero-order chi connectivity index (χ0) is 15.9. The number of hydrogen-bond donors (Lipinski definition) is 3. The lowest BCUT2D eigenvalue weighted by molar-refractivity contribution is -0.268. The lowest BCUT2D eigenvalue weighted by Crippen LogP contribution is -2.58. The quantitative estimate of drug-likeness (QED) is 0.753. The number of fused-ring (bicyclic) bond motifs is 1. The first-order valence-electron chi connectivity index (χ1n) is 7.01. The molecule has 1 heterocycles. The minimum absolute atomic E-state index is 0.519. The molecule has 0 radical (unpaired) electrons. The van der Waals surface area contributed by atoms with Gasteiger partial charge in [0.2, 0.25) is 6.29 Å². The molecule has 1 aliphatic rings. The number of aliphatic hydroxyl groups is 3. The van der Waals surface area contributed by atoms with Crippen LogP contribution in [0.2, 0.25) is 0 Å². The van der Waals surface area contributed by atoms with Crippen molar-refractivity contribution < 1.29 is 24.8 Å². The minimum Gasteiger partial charge on any atom is -0.462 e. The second-order valence-corrected chi connectivity index (χ2v) is 6.37. The predicted molar refractivity (Wildman–Crippen MR) is 84.6 cm³/mol. The highest BCUT2D eigenvalue weighted by Crippen LogP contribution is 2.28. The second kappa shape index (κ2) is 6.14. The first-order chi connectivity index (χ1) is 10.5. The van der Waals surface area contributed by atoms with Crippen molar-refractivity contribution in [1.82, 2.24) is 0 Å². The Labute approximate surface area is 136 Å². The van der Waals surface area contributed by atoms with Crippen molar-refractivity contribution in [2.24, 2.45) is 0 Å². The molecule has 0 amide bonds. The van der Waals surface area contributed by atoms with Crippen molar-refractivity contribution in [3.8, 4) is 5.75 Å². The van der Waals surface area contributed by atoms with Crippen molar-refractivity contribution >= 4 is 26.7 Å². The molecule has 6 heteroatoms. The van der Waals surface area contributed by atoms with Crippen molar-refractivity contribution in [2.45, 2.75) is 37.6 Å². The van der Waals surface area contributed by atoms with Gasteiger partial charge in [-0.05, 0) is 42.0 Å². The van der Waals surface area contributed by atoms with E-state index in [1.165, 1.54) is 0 Å². The Bertz CT molecular complexity index is 677. The normalized spacial score (nSPS) is 32.1. The summed E-state index contributed by atoms with van der Waals surface area (Å²) in [7, 11) is 0. The Morgan fingerprint density at radius 2 is 1.68 bits per heavy atom. The number of benzene rings is 2. The van der Waals surface area contributed by atoms with Crippen LogP contribution in [-0.4, -0.2) is 46.0 Å². The summed E-state index contributed by atoms with van der Waals surface area (Å²) >= 11 is 3.42. The zero-order valence-corrected chi connectivity index (χ0v) is 13.5. The van der Waals surface area contributed by atoms with Gasteiger partial charge >= 0.3 is 0 Å². The number of rotatable bonds is 2. The molecule has 2 aromatic rings. The van der Waals surface area contributed by atoms with E-state index in [4.69, 9.17) is 9.47 Å². The summed E-state index contributed by atoms with van der Waals surface area (Å²) in [6.45, 7) is 1.62. The Kier molecular flexibility index (Phi) is 4.38. The Hall–Kier alpha value is -1.18. The average molecular weight is 369 g/mol. The van der Waals surface area contributed by atoms with Crippen molar-refractivity contribution in [3.63, 3.8) is 0 Å². The van der Waals surface area contributed by atoms with Crippen LogP contribution in [0.1, 0.15) is 6.92 Å². The van der Waals surface area contributed by atoms with Crippen LogP contribution in [0.15, 0.2) is 40.9 Å². The monoisotopic (exact) mass is 368 g/mol. The van der Waals surface area contributed by atoms with Gasteiger partial charge in [0.1, 0.15) is 24.1 Å². The van der Waals surface area contributed by atoms with Gasteiger partial charge in [-0.25, -0.2) is 0 Å². The molecule has 5 nitrogen and oxygen atoms in total. The highest BCUT2D eigenvalue weighted by molar-refractivity contribution is 9.10. The van der Waals surface area contributed by atoms with Crippen LogP contribution in [0.4, 0.5) is 0 Å². The van der Waals surface area contributed by atoms with E-state index in [-0.39, 0.29) is 0 Å². The first-order valence-corrected chi connectivity index (χ1v) is 7.80. The van der Waals surface area contributed by atoms with Gasteiger partial charge in [0, 0.05) is 4.47 Å². The van der Waals surface area contributed by atoms with E-state index < -0.39 is 30.7 Å². The summed E-state index contributed by atoms with van der Waals surface area (Å²) in [5, 5.41) is 31.5. The maximum absolute atomic E-state index is 9.98. The molecule has 2 aromatic carbocycles. The summed E-state index contributed by atoms with van der Waals surface area (Å²) in [6, 6.07) is 11.4. The van der Waals surface area contributed by atoms with Gasteiger partial charge in [-0.15, -0.1) is 0 Å². The molecular formula is C16H17BrO5. The fraction of sp³-hybridized carbons (Fsp3) is 0.375. The molecule has 0 bridgehead atoms. The van der Waals surface area contributed by atoms with Gasteiger partial charge in [0.15, 0.2) is 0 Å². The van der Waals surface area contributed by atoms with Gasteiger partial charge < -0.3 is 24.8 Å². The van der Waals surface area contributed by atoms with Crippen LogP contribution in [0.5, 0.6) is 5.75 Å². The molecule has 0 spiro atoms. The SMILES string of the molecule is C[C@@H]1O[C@@H](Oc2ccc3ccc(Br)cc3c2)[C@H](O)[C@H](O)[C@H]1O. The largest absolute Gasteiger partial charge is 0.462 e. The summed E-state index contributed by atoms with van der Waals surface area (Å²) in [5.41, 5.74) is 0. The van der Waals surface area contributed by atoms with Crippen LogP contribution < -0.4 is 4.74 Å². The van der Waals surface area contributed by atoms with Gasteiger partial charge in [-0.2, -0.15) is 0 Å². The minimum atomic E-state index is -1.32. The number of aliphatic hydroxyl groups excluding tert-OH is 3. The molecule has 1 fully saturated rings. The van der Waals surface area contributed by atoms with Crippen molar-refractivity contribution in [2.75, 3.05) is 0 Å². The third-order valence-electron chi connectivity index (χ3n) is 3.83. The van der Waals surface area contributed by atoms with Gasteiger partial charge in [0.05, 0.1) is 6.10 Å². The number of ether oxygens (including phenoxy) is 2. The summed E-state index contributed by atoms with van der Waals surface area (Å²) in [6.07, 6.45) is -5.41. The second-order valence-electron chi connectivity index (χ2n) is 5.45. The van der Waals surface area contributed by atoms with E-state index in [9.17, 15) is 15.3 Å². The van der Waals surface area contributed by atoms with Crippen molar-refractivity contribution in [3.05, 3.63) is 40.9 Å². The zero-order valence-electron chi connectivity index (χ0n) is 11.9. The molecule has 1 saturated heterocycles. The van der Waals surface area contributed by atoms with E-state index in [1.807, 2.05) is 30.3 Å². The van der Waals surface area contributed by atoms with E-state index in [2.05, 4.69) is 15.9 Å². The Balaban J connectivity index is 1.83. The molecule has 22 heavy (non-hydrogen) atoms. The number of hydrogen-bond acceptors (Lipinski definition) is 5. The van der Waals surface area contributed by atoms with Crippen LogP contribution in [0, 0.1) is 0 Å². The van der Waals surface area contributed by atoms with Crippen molar-refractivity contribution in [1.29, 1.82) is 0 Å². The fourth-order valence-electron chi connectivity index (χ4n) is 2.51. The maximum atomic E-state index is 9.98. The van der Waals surface area contributed by atoms with Gasteiger partial charge in [0.25, 0.3) is 0 Å². The van der Waals surface area contributed by atoms with Gasteiger partial charge in [-0.1, -0.05) is 28.1 Å². The third kappa shape index (κ3) is 2.98. The Morgan fingerprint density at radius 3 is 2.45 bits per heavy atom. The maximum Gasteiger partial charge on any atom is 0.229 e.